The number of nitrogens with zero attached hydrogens (tertiary/aromatic N) is 2. The van der Waals surface area contributed by atoms with E-state index in [4.69, 9.17) is 0 Å². The van der Waals surface area contributed by atoms with Gasteiger partial charge in [-0.3, -0.25) is 0 Å². The second-order valence-corrected chi connectivity index (χ2v) is 6.09. The summed E-state index contributed by atoms with van der Waals surface area (Å²) in [7, 11) is -1.85. The molecule has 96 valence electrons. The van der Waals surface area contributed by atoms with Crippen LogP contribution in [-0.2, 0) is 10.0 Å². The number of hydrogen-bond acceptors (Lipinski definition) is 6. The van der Waals surface area contributed by atoms with Crippen molar-refractivity contribution in [2.24, 2.45) is 0 Å². The maximum atomic E-state index is 11.9. The largest absolute Gasteiger partial charge is 0.357 e. The average Bonchev–Trinajstić information content (AvgIpc) is 2.28. The second kappa shape index (κ2) is 6.18. The average molecular weight is 276 g/mol. The lowest BCUT2D eigenvalue weighted by atomic mass is 10.4. The van der Waals surface area contributed by atoms with Gasteiger partial charge in [0.25, 0.3) is 0 Å². The summed E-state index contributed by atoms with van der Waals surface area (Å²) in [5, 5.41) is 2.73. The number of thioether (sulfide) groups is 1. The van der Waals surface area contributed by atoms with Gasteiger partial charge in [-0.2, -0.15) is 11.8 Å². The molecule has 1 atom stereocenters. The zero-order valence-corrected chi connectivity index (χ0v) is 11.6. The van der Waals surface area contributed by atoms with E-state index >= 15 is 0 Å². The quantitative estimate of drug-likeness (QED) is 0.789. The molecule has 0 radical (unpaired) electrons. The molecule has 1 heterocycles. The highest BCUT2D eigenvalue weighted by atomic mass is 32.2. The fraction of sp³-hybridized carbons (Fsp3) is 0.556. The van der Waals surface area contributed by atoms with Crippen molar-refractivity contribution in [2.75, 3.05) is 24.4 Å². The Bertz CT molecular complexity index is 447. The van der Waals surface area contributed by atoms with Gasteiger partial charge in [0.2, 0.25) is 16.0 Å². The Kier molecular flexibility index (Phi) is 5.16. The van der Waals surface area contributed by atoms with Crippen molar-refractivity contribution in [3.8, 4) is 0 Å². The monoisotopic (exact) mass is 276 g/mol. The maximum absolute atomic E-state index is 11.9. The van der Waals surface area contributed by atoms with E-state index in [0.717, 1.165) is 0 Å². The Balaban J connectivity index is 2.82. The molecule has 0 saturated heterocycles. The number of anilines is 1. The molecule has 1 rings (SSSR count). The predicted octanol–water partition coefficient (Wildman–Crippen LogP) is 0.548. The lowest BCUT2D eigenvalue weighted by molar-refractivity contribution is 0.570. The highest BCUT2D eigenvalue weighted by molar-refractivity contribution is 7.98. The summed E-state index contributed by atoms with van der Waals surface area (Å²) >= 11 is 1.58. The second-order valence-electron chi connectivity index (χ2n) is 3.47. The van der Waals surface area contributed by atoms with Gasteiger partial charge in [-0.05, 0) is 13.2 Å². The van der Waals surface area contributed by atoms with Gasteiger partial charge in [-0.1, -0.05) is 0 Å². The third-order valence-electron chi connectivity index (χ3n) is 1.94. The highest BCUT2D eigenvalue weighted by Crippen LogP contribution is 2.08. The normalized spacial score (nSPS) is 13.4. The van der Waals surface area contributed by atoms with Crippen LogP contribution in [0.5, 0.6) is 0 Å². The summed E-state index contributed by atoms with van der Waals surface area (Å²) in [5.41, 5.74) is 0. The zero-order chi connectivity index (χ0) is 12.9. The van der Waals surface area contributed by atoms with E-state index in [0.29, 0.717) is 11.7 Å². The third kappa shape index (κ3) is 4.14. The molecule has 2 N–H and O–H groups in total. The molecule has 0 aliphatic heterocycles. The van der Waals surface area contributed by atoms with Crippen LogP contribution in [0.4, 0.5) is 5.95 Å². The van der Waals surface area contributed by atoms with Crippen molar-refractivity contribution in [3.05, 3.63) is 12.4 Å². The molecule has 0 bridgehead atoms. The number of nitrogens with one attached hydrogen (secondary N) is 2. The van der Waals surface area contributed by atoms with Gasteiger partial charge in [0.1, 0.15) is 4.90 Å². The van der Waals surface area contributed by atoms with Gasteiger partial charge in [0, 0.05) is 18.8 Å². The molecule has 0 aromatic carbocycles. The van der Waals surface area contributed by atoms with Crippen molar-refractivity contribution in [1.29, 1.82) is 0 Å². The van der Waals surface area contributed by atoms with E-state index in [1.165, 1.54) is 12.4 Å². The van der Waals surface area contributed by atoms with Crippen molar-refractivity contribution >= 4 is 27.7 Å². The summed E-state index contributed by atoms with van der Waals surface area (Å²) in [6, 6.07) is -0.126. The fourth-order valence-electron chi connectivity index (χ4n) is 1.20. The lowest BCUT2D eigenvalue weighted by Crippen LogP contribution is -2.34. The summed E-state index contributed by atoms with van der Waals surface area (Å²) in [5.74, 6) is 1.11. The van der Waals surface area contributed by atoms with Crippen molar-refractivity contribution in [3.63, 3.8) is 0 Å². The number of sulfonamides is 1. The molecule has 1 aromatic rings. The van der Waals surface area contributed by atoms with Crippen molar-refractivity contribution < 1.29 is 8.42 Å². The Morgan fingerprint density at radius 1 is 1.41 bits per heavy atom. The van der Waals surface area contributed by atoms with Crippen LogP contribution < -0.4 is 10.0 Å². The zero-order valence-electron chi connectivity index (χ0n) is 9.97. The molecule has 0 saturated carbocycles. The Labute approximate surface area is 106 Å². The van der Waals surface area contributed by atoms with Gasteiger partial charge in [0.05, 0.1) is 12.4 Å². The Morgan fingerprint density at radius 2 is 2.00 bits per heavy atom. The molecule has 1 aromatic heterocycles. The highest BCUT2D eigenvalue weighted by Gasteiger charge is 2.17. The molecule has 6 nitrogen and oxygen atoms in total. The summed E-state index contributed by atoms with van der Waals surface area (Å²) in [6.45, 7) is 1.82. The molecule has 1 unspecified atom stereocenters. The van der Waals surface area contributed by atoms with Crippen LogP contribution in [0.25, 0.3) is 0 Å². The summed E-state index contributed by atoms with van der Waals surface area (Å²) in [6.07, 6.45) is 4.50. The van der Waals surface area contributed by atoms with Gasteiger partial charge in [0.15, 0.2) is 0 Å². The molecule has 0 spiro atoms. The standard InChI is InChI=1S/C9H16N4O2S2/c1-7(6-16-3)13-17(14,15)8-4-11-9(10-2)12-5-8/h4-5,7,13H,6H2,1-3H3,(H,10,11,12). The molecular weight excluding hydrogens is 260 g/mol. The van der Waals surface area contributed by atoms with Crippen molar-refractivity contribution in [1.82, 2.24) is 14.7 Å². The number of aromatic nitrogens is 2. The van der Waals surface area contributed by atoms with E-state index in [2.05, 4.69) is 20.0 Å². The van der Waals surface area contributed by atoms with Crippen molar-refractivity contribution in [2.45, 2.75) is 17.9 Å². The van der Waals surface area contributed by atoms with E-state index in [1.54, 1.807) is 18.8 Å². The van der Waals surface area contributed by atoms with Gasteiger partial charge in [-0.15, -0.1) is 0 Å². The SMILES string of the molecule is CNc1ncc(S(=O)(=O)NC(C)CSC)cn1. The molecule has 17 heavy (non-hydrogen) atoms. The van der Waals surface area contributed by atoms with Crippen LogP contribution in [-0.4, -0.2) is 43.5 Å². The third-order valence-corrected chi connectivity index (χ3v) is 4.31. The number of hydrogen-bond donors (Lipinski definition) is 2. The van der Waals surface area contributed by atoms with E-state index in [1.807, 2.05) is 13.2 Å². The minimum absolute atomic E-state index is 0.0736. The van der Waals surface area contributed by atoms with Crippen LogP contribution in [0.15, 0.2) is 17.3 Å². The molecule has 0 aliphatic rings. The molecule has 8 heteroatoms. The first-order chi connectivity index (χ1) is 7.99. The molecule has 0 amide bonds. The number of rotatable bonds is 6. The van der Waals surface area contributed by atoms with Gasteiger partial charge >= 0.3 is 0 Å². The van der Waals surface area contributed by atoms with Crippen LogP contribution in [0.1, 0.15) is 6.92 Å². The van der Waals surface area contributed by atoms with Crippen LogP contribution in [0.3, 0.4) is 0 Å². The lowest BCUT2D eigenvalue weighted by Gasteiger charge is -2.12. The predicted molar refractivity (Wildman–Crippen MR) is 69.7 cm³/mol. The minimum Gasteiger partial charge on any atom is -0.357 e. The van der Waals surface area contributed by atoms with Crippen LogP contribution in [0.2, 0.25) is 0 Å². The van der Waals surface area contributed by atoms with E-state index in [-0.39, 0.29) is 10.9 Å². The first-order valence-electron chi connectivity index (χ1n) is 5.00. The van der Waals surface area contributed by atoms with Gasteiger partial charge < -0.3 is 5.32 Å². The maximum Gasteiger partial charge on any atom is 0.243 e. The smallest absolute Gasteiger partial charge is 0.243 e. The Morgan fingerprint density at radius 3 is 2.47 bits per heavy atom. The topological polar surface area (TPSA) is 84.0 Å². The molecule has 0 fully saturated rings. The van der Waals surface area contributed by atoms with Gasteiger partial charge in [-0.25, -0.2) is 23.1 Å². The van der Waals surface area contributed by atoms with E-state index < -0.39 is 10.0 Å². The summed E-state index contributed by atoms with van der Waals surface area (Å²) < 4.78 is 26.4. The Hall–Kier alpha value is -0.860. The van der Waals surface area contributed by atoms with Crippen LogP contribution >= 0.6 is 11.8 Å². The molecule has 0 aliphatic carbocycles. The van der Waals surface area contributed by atoms with Crippen LogP contribution in [0, 0.1) is 0 Å². The minimum atomic E-state index is -3.52. The fourth-order valence-corrected chi connectivity index (χ4v) is 3.02. The summed E-state index contributed by atoms with van der Waals surface area (Å²) in [4.78, 5) is 7.81. The van der Waals surface area contributed by atoms with E-state index in [9.17, 15) is 8.42 Å². The first kappa shape index (κ1) is 14.2. The molecular formula is C9H16N4O2S2. The first-order valence-corrected chi connectivity index (χ1v) is 7.88.